The van der Waals surface area contributed by atoms with Crippen LogP contribution in [0.1, 0.15) is 21.5 Å². The van der Waals surface area contributed by atoms with Crippen molar-refractivity contribution >= 4 is 54.2 Å². The van der Waals surface area contributed by atoms with Crippen LogP contribution < -0.4 is 4.90 Å². The van der Waals surface area contributed by atoms with Gasteiger partial charge in [0, 0.05) is 36.1 Å². The number of hydrogen-bond acceptors (Lipinski definition) is 6. The minimum atomic E-state index is -3.78. The molecule has 0 atom stereocenters. The van der Waals surface area contributed by atoms with E-state index in [1.165, 1.54) is 52.1 Å². The quantitative estimate of drug-likeness (QED) is 0.230. The van der Waals surface area contributed by atoms with E-state index in [0.717, 1.165) is 21.3 Å². The molecule has 190 valence electrons. The molecule has 0 unspecified atom stereocenters. The molecule has 0 fully saturated rings. The van der Waals surface area contributed by atoms with E-state index in [1.807, 2.05) is 25.1 Å². The van der Waals surface area contributed by atoms with Gasteiger partial charge in [0.2, 0.25) is 10.0 Å². The molecular weight excluding hydrogens is 528 g/mol. The number of benzene rings is 2. The second-order valence-corrected chi connectivity index (χ2v) is 11.6. The molecule has 4 aromatic rings. The van der Waals surface area contributed by atoms with Crippen LogP contribution in [0.2, 0.25) is 5.02 Å². The Hall–Kier alpha value is -3.37. The first-order valence-electron chi connectivity index (χ1n) is 11.3. The molecule has 0 N–H and O–H groups in total. The molecule has 0 aliphatic carbocycles. The highest BCUT2D eigenvalue weighted by molar-refractivity contribution is 7.89. The fourth-order valence-corrected chi connectivity index (χ4v) is 6.59. The molecule has 0 radical (unpaired) electrons. The molecule has 10 heteroatoms. The Morgan fingerprint density at radius 1 is 1.11 bits per heavy atom. The van der Waals surface area contributed by atoms with Crippen LogP contribution in [0.25, 0.3) is 10.2 Å². The molecule has 0 aliphatic rings. The Kier molecular flexibility index (Phi) is 8.19. The molecule has 4 rings (SSSR count). The molecule has 1 amide bonds. The van der Waals surface area contributed by atoms with E-state index in [-0.39, 0.29) is 30.4 Å². The summed E-state index contributed by atoms with van der Waals surface area (Å²) >= 11 is 7.61. The number of carbonyl (C=O) groups excluding carboxylic acids is 1. The molecule has 0 saturated carbocycles. The third-order valence-electron chi connectivity index (χ3n) is 5.58. The van der Waals surface area contributed by atoms with E-state index in [1.54, 1.807) is 23.4 Å². The molecular formula is C27H25ClN4O3S2. The van der Waals surface area contributed by atoms with Crippen LogP contribution >= 0.6 is 22.9 Å². The molecule has 0 saturated heterocycles. The summed E-state index contributed by atoms with van der Waals surface area (Å²) in [4.78, 5) is 24.3. The van der Waals surface area contributed by atoms with Crippen molar-refractivity contribution in [3.8, 4) is 0 Å². The van der Waals surface area contributed by atoms with E-state index in [2.05, 4.69) is 18.1 Å². The van der Waals surface area contributed by atoms with Crippen molar-refractivity contribution in [1.29, 1.82) is 0 Å². The van der Waals surface area contributed by atoms with Gasteiger partial charge >= 0.3 is 0 Å². The van der Waals surface area contributed by atoms with Crippen LogP contribution in [0.4, 0.5) is 5.13 Å². The summed E-state index contributed by atoms with van der Waals surface area (Å²) in [6.07, 6.45) is 6.39. The van der Waals surface area contributed by atoms with E-state index >= 15 is 0 Å². The molecule has 37 heavy (non-hydrogen) atoms. The average molecular weight is 553 g/mol. The molecule has 7 nitrogen and oxygen atoms in total. The number of carbonyl (C=O) groups is 1. The number of nitrogens with zero attached hydrogens (tertiary/aromatic N) is 4. The third-order valence-corrected chi connectivity index (χ3v) is 8.67. The largest absolute Gasteiger partial charge is 0.279 e. The second-order valence-electron chi connectivity index (χ2n) is 8.24. The molecule has 2 aromatic heterocycles. The first kappa shape index (κ1) is 26.7. The van der Waals surface area contributed by atoms with Crippen LogP contribution in [-0.4, -0.2) is 41.7 Å². The normalized spacial score (nSPS) is 11.5. The van der Waals surface area contributed by atoms with Gasteiger partial charge in [-0.1, -0.05) is 41.2 Å². The van der Waals surface area contributed by atoms with Gasteiger partial charge in [-0.2, -0.15) is 4.31 Å². The SMILES string of the molecule is C=CCN(CC=C)S(=O)(=O)c1ccc(C(=O)N(Cc2cccnc2)c2nc3c(C)cc(Cl)cc3s2)cc1. The maximum Gasteiger partial charge on any atom is 0.260 e. The lowest BCUT2D eigenvalue weighted by atomic mass is 10.2. The maximum atomic E-state index is 13.7. The topological polar surface area (TPSA) is 83.5 Å². The van der Waals surface area contributed by atoms with Gasteiger partial charge in [-0.3, -0.25) is 14.7 Å². The predicted molar refractivity (Wildman–Crippen MR) is 150 cm³/mol. The lowest BCUT2D eigenvalue weighted by molar-refractivity contribution is 0.0985. The molecule has 2 aromatic carbocycles. The number of pyridine rings is 1. The number of fused-ring (bicyclic) bond motifs is 1. The fraction of sp³-hybridized carbons (Fsp3) is 0.148. The Morgan fingerprint density at radius 3 is 2.43 bits per heavy atom. The summed E-state index contributed by atoms with van der Waals surface area (Å²) in [5.41, 5.74) is 2.85. The number of sulfonamides is 1. The Labute approximate surface area is 225 Å². The number of halogens is 1. The van der Waals surface area contributed by atoms with E-state index in [9.17, 15) is 13.2 Å². The number of thiazole rings is 1. The number of amides is 1. The number of aromatic nitrogens is 2. The van der Waals surface area contributed by atoms with Crippen molar-refractivity contribution in [1.82, 2.24) is 14.3 Å². The Balaban J connectivity index is 1.71. The Morgan fingerprint density at radius 2 is 1.81 bits per heavy atom. The maximum absolute atomic E-state index is 13.7. The fourth-order valence-electron chi connectivity index (χ4n) is 3.79. The highest BCUT2D eigenvalue weighted by atomic mass is 35.5. The third kappa shape index (κ3) is 5.80. The Bertz CT molecular complexity index is 1540. The van der Waals surface area contributed by atoms with Gasteiger partial charge in [-0.05, 0) is 60.5 Å². The number of rotatable bonds is 10. The summed E-state index contributed by atoms with van der Waals surface area (Å²) in [5.74, 6) is -0.315. The van der Waals surface area contributed by atoms with Crippen molar-refractivity contribution < 1.29 is 13.2 Å². The van der Waals surface area contributed by atoms with E-state index in [0.29, 0.717) is 15.7 Å². The van der Waals surface area contributed by atoms with Gasteiger partial charge in [-0.15, -0.1) is 13.2 Å². The zero-order chi connectivity index (χ0) is 26.6. The summed E-state index contributed by atoms with van der Waals surface area (Å²) < 4.78 is 28.2. The van der Waals surface area contributed by atoms with Gasteiger partial charge in [-0.25, -0.2) is 13.4 Å². The molecule has 0 spiro atoms. The number of anilines is 1. The lowest BCUT2D eigenvalue weighted by Gasteiger charge is -2.21. The van der Waals surface area contributed by atoms with Gasteiger partial charge in [0.05, 0.1) is 21.7 Å². The number of hydrogen-bond donors (Lipinski definition) is 0. The van der Waals surface area contributed by atoms with Gasteiger partial charge in [0.15, 0.2) is 5.13 Å². The van der Waals surface area contributed by atoms with E-state index < -0.39 is 10.0 Å². The highest BCUT2D eigenvalue weighted by Gasteiger charge is 2.25. The predicted octanol–water partition coefficient (Wildman–Crippen LogP) is 5.86. The smallest absolute Gasteiger partial charge is 0.260 e. The zero-order valence-corrected chi connectivity index (χ0v) is 22.6. The number of aryl methyl sites for hydroxylation is 1. The standard InChI is InChI=1S/C27H25ClN4O3S2/c1-4-13-31(14-5-2)37(34,35)23-10-8-21(9-11-23)26(33)32(18-20-7-6-12-29-17-20)27-30-25-19(3)15-22(28)16-24(25)36-27/h4-12,15-17H,1-2,13-14,18H2,3H3. The second kappa shape index (κ2) is 11.4. The van der Waals surface area contributed by atoms with Crippen molar-refractivity contribution in [2.24, 2.45) is 0 Å². The van der Waals surface area contributed by atoms with Crippen molar-refractivity contribution in [3.63, 3.8) is 0 Å². The minimum absolute atomic E-state index is 0.0804. The van der Waals surface area contributed by atoms with E-state index in [4.69, 9.17) is 16.6 Å². The van der Waals surface area contributed by atoms with Crippen LogP contribution in [0, 0.1) is 6.92 Å². The molecule has 0 aliphatic heterocycles. The van der Waals surface area contributed by atoms with Crippen molar-refractivity contribution in [2.45, 2.75) is 18.4 Å². The first-order chi connectivity index (χ1) is 17.7. The molecule has 2 heterocycles. The average Bonchev–Trinajstić information content (AvgIpc) is 3.31. The monoisotopic (exact) mass is 552 g/mol. The summed E-state index contributed by atoms with van der Waals surface area (Å²) in [6, 6.07) is 13.3. The zero-order valence-electron chi connectivity index (χ0n) is 20.2. The summed E-state index contributed by atoms with van der Waals surface area (Å²) in [5, 5.41) is 1.11. The first-order valence-corrected chi connectivity index (χ1v) is 14.0. The van der Waals surface area contributed by atoms with Crippen LogP contribution in [-0.2, 0) is 16.6 Å². The van der Waals surface area contributed by atoms with Crippen molar-refractivity contribution in [2.75, 3.05) is 18.0 Å². The van der Waals surface area contributed by atoms with Gasteiger partial charge in [0.25, 0.3) is 5.91 Å². The molecule has 0 bridgehead atoms. The van der Waals surface area contributed by atoms with Crippen LogP contribution in [0.5, 0.6) is 0 Å². The van der Waals surface area contributed by atoms with Gasteiger partial charge < -0.3 is 0 Å². The summed E-state index contributed by atoms with van der Waals surface area (Å²) in [6.45, 7) is 9.72. The van der Waals surface area contributed by atoms with Crippen molar-refractivity contribution in [3.05, 3.63) is 108 Å². The lowest BCUT2D eigenvalue weighted by Crippen LogP contribution is -2.32. The van der Waals surface area contributed by atoms with Gasteiger partial charge in [0.1, 0.15) is 0 Å². The van der Waals surface area contributed by atoms with Crippen LogP contribution in [0.15, 0.2) is 91.1 Å². The van der Waals surface area contributed by atoms with Crippen LogP contribution in [0.3, 0.4) is 0 Å². The minimum Gasteiger partial charge on any atom is -0.279 e. The highest BCUT2D eigenvalue weighted by Crippen LogP contribution is 2.34. The summed E-state index contributed by atoms with van der Waals surface area (Å²) in [7, 11) is -3.78.